The normalized spacial score (nSPS) is 20.2. The van der Waals surface area contributed by atoms with Crippen molar-refractivity contribution in [3.63, 3.8) is 0 Å². The van der Waals surface area contributed by atoms with E-state index in [-0.39, 0.29) is 18.1 Å². The van der Waals surface area contributed by atoms with Crippen LogP contribution in [0, 0.1) is 0 Å². The minimum Gasteiger partial charge on any atom is -0.504 e. The minimum atomic E-state index is -0.00143. The van der Waals surface area contributed by atoms with Crippen LogP contribution in [0.3, 0.4) is 0 Å². The Morgan fingerprint density at radius 3 is 2.82 bits per heavy atom. The number of nitrogens with one attached hydrogen (secondary N) is 1. The van der Waals surface area contributed by atoms with Gasteiger partial charge in [-0.25, -0.2) is 0 Å². The van der Waals surface area contributed by atoms with Crippen molar-refractivity contribution in [2.75, 3.05) is 13.8 Å². The smallest absolute Gasteiger partial charge is 0.166 e. The van der Waals surface area contributed by atoms with Gasteiger partial charge in [-0.2, -0.15) is 0 Å². The Hall–Kier alpha value is -2.37. The van der Waals surface area contributed by atoms with Crippen LogP contribution in [-0.4, -0.2) is 31.3 Å². The van der Waals surface area contributed by atoms with Crippen LogP contribution in [0.25, 0.3) is 0 Å². The fraction of sp³-hybridized carbons (Fsp3) is 0.235. The van der Waals surface area contributed by atoms with E-state index in [1.807, 2.05) is 36.4 Å². The summed E-state index contributed by atoms with van der Waals surface area (Å²) in [5.74, 6) is 0.533. The fourth-order valence-corrected chi connectivity index (χ4v) is 2.26. The summed E-state index contributed by atoms with van der Waals surface area (Å²) in [7, 11) is 1.52. The predicted octanol–water partition coefficient (Wildman–Crippen LogP) is 2.46. The quantitative estimate of drug-likeness (QED) is 0.635. The maximum atomic E-state index is 9.94. The molecule has 0 aliphatic carbocycles. The number of nitrogens with zero attached hydrogens (tertiary/aromatic N) is 1. The van der Waals surface area contributed by atoms with Crippen molar-refractivity contribution in [2.45, 2.75) is 12.3 Å². The van der Waals surface area contributed by atoms with E-state index in [0.717, 1.165) is 5.56 Å². The number of para-hydroxylation sites is 1. The molecule has 114 valence electrons. The number of benzene rings is 2. The van der Waals surface area contributed by atoms with E-state index in [1.54, 1.807) is 18.3 Å². The van der Waals surface area contributed by atoms with Crippen molar-refractivity contribution < 1.29 is 14.6 Å². The Morgan fingerprint density at radius 2 is 2.05 bits per heavy atom. The number of phenolic OH excluding ortho intramolecular Hbond substituents is 1. The minimum absolute atomic E-state index is 0.00143. The summed E-state index contributed by atoms with van der Waals surface area (Å²) >= 11 is 0. The third-order valence-corrected chi connectivity index (χ3v) is 3.48. The Balaban J connectivity index is 1.50. The second-order valence-electron chi connectivity index (χ2n) is 4.96. The first-order chi connectivity index (χ1) is 10.8. The van der Waals surface area contributed by atoms with Gasteiger partial charge in [0.15, 0.2) is 11.5 Å². The second-order valence-corrected chi connectivity index (χ2v) is 4.96. The lowest BCUT2D eigenvalue weighted by Gasteiger charge is -2.04. The van der Waals surface area contributed by atoms with Gasteiger partial charge in [0.05, 0.1) is 13.8 Å². The zero-order valence-electron chi connectivity index (χ0n) is 12.3. The van der Waals surface area contributed by atoms with Gasteiger partial charge in [-0.3, -0.25) is 10.3 Å². The van der Waals surface area contributed by atoms with E-state index >= 15 is 0 Å². The summed E-state index contributed by atoms with van der Waals surface area (Å²) in [6, 6.07) is 15.4. The summed E-state index contributed by atoms with van der Waals surface area (Å²) in [5, 5.41) is 13.1. The number of ether oxygens (including phenoxy) is 2. The first-order valence-corrected chi connectivity index (χ1v) is 7.09. The molecule has 0 aromatic heterocycles. The molecular formula is C17H18N2O3. The van der Waals surface area contributed by atoms with Gasteiger partial charge in [-0.05, 0) is 17.7 Å². The summed E-state index contributed by atoms with van der Waals surface area (Å²) < 4.78 is 10.6. The van der Waals surface area contributed by atoms with E-state index in [2.05, 4.69) is 10.3 Å². The molecule has 2 aromatic carbocycles. The van der Waals surface area contributed by atoms with Crippen LogP contribution in [0.4, 0.5) is 0 Å². The maximum absolute atomic E-state index is 9.94. The number of methoxy groups -OCH3 is 1. The van der Waals surface area contributed by atoms with Crippen LogP contribution in [0.1, 0.15) is 17.2 Å². The molecule has 0 saturated carbocycles. The molecule has 0 radical (unpaired) electrons. The highest BCUT2D eigenvalue weighted by Gasteiger charge is 2.39. The highest BCUT2D eigenvalue weighted by Crippen LogP contribution is 2.36. The van der Waals surface area contributed by atoms with Crippen LogP contribution in [0.5, 0.6) is 11.5 Å². The largest absolute Gasteiger partial charge is 0.504 e. The van der Waals surface area contributed by atoms with Gasteiger partial charge in [-0.15, -0.1) is 0 Å². The summed E-state index contributed by atoms with van der Waals surface area (Å²) in [5.41, 5.74) is 1.78. The maximum Gasteiger partial charge on any atom is 0.166 e. The molecule has 2 aromatic rings. The average Bonchev–Trinajstić information content (AvgIpc) is 3.33. The lowest BCUT2D eigenvalue weighted by atomic mass is 10.1. The molecule has 2 unspecified atom stereocenters. The van der Waals surface area contributed by atoms with Crippen LogP contribution < -0.4 is 10.1 Å². The van der Waals surface area contributed by atoms with Gasteiger partial charge in [0.2, 0.25) is 0 Å². The average molecular weight is 298 g/mol. The third kappa shape index (κ3) is 3.27. The van der Waals surface area contributed by atoms with Crippen LogP contribution in [0.15, 0.2) is 53.5 Å². The first-order valence-electron chi connectivity index (χ1n) is 7.09. The van der Waals surface area contributed by atoms with Crippen molar-refractivity contribution in [1.82, 2.24) is 5.32 Å². The lowest BCUT2D eigenvalue weighted by molar-refractivity contribution is 0.349. The number of rotatable bonds is 6. The van der Waals surface area contributed by atoms with Crippen molar-refractivity contribution in [2.24, 2.45) is 4.99 Å². The molecular weight excluding hydrogens is 280 g/mol. The Morgan fingerprint density at radius 1 is 1.23 bits per heavy atom. The fourth-order valence-electron chi connectivity index (χ4n) is 2.26. The van der Waals surface area contributed by atoms with E-state index in [1.165, 1.54) is 7.11 Å². The molecule has 1 fully saturated rings. The molecule has 5 heteroatoms. The topological polar surface area (TPSA) is 66.4 Å². The van der Waals surface area contributed by atoms with Crippen molar-refractivity contribution in [3.8, 4) is 11.5 Å². The number of aromatic hydroxyl groups is 1. The molecule has 2 N–H and O–H groups in total. The highest BCUT2D eigenvalue weighted by molar-refractivity contribution is 5.84. The molecule has 1 aliphatic heterocycles. The van der Waals surface area contributed by atoms with Gasteiger partial charge in [0.1, 0.15) is 12.3 Å². The summed E-state index contributed by atoms with van der Waals surface area (Å²) in [4.78, 5) is 4.25. The standard InChI is InChI=1S/C17H18N2O3/c1-21-14-9-5-8-13(15(14)20)10-18-11-19-17-16(22-17)12-6-3-2-4-7-12/h2-10,16-17,19-20H,11H2,1H3. The molecule has 1 aliphatic rings. The van der Waals surface area contributed by atoms with Gasteiger partial charge < -0.3 is 14.6 Å². The highest BCUT2D eigenvalue weighted by atomic mass is 16.6. The molecule has 2 atom stereocenters. The van der Waals surface area contributed by atoms with Gasteiger partial charge in [-0.1, -0.05) is 36.4 Å². The zero-order chi connectivity index (χ0) is 15.4. The van der Waals surface area contributed by atoms with Gasteiger partial charge in [0.25, 0.3) is 0 Å². The molecule has 22 heavy (non-hydrogen) atoms. The number of aliphatic imine (C=N–C) groups is 1. The number of phenols is 1. The van der Waals surface area contributed by atoms with Crippen LogP contribution >= 0.6 is 0 Å². The third-order valence-electron chi connectivity index (χ3n) is 3.48. The summed E-state index contributed by atoms with van der Waals surface area (Å²) in [6.07, 6.45) is 1.71. The van der Waals surface area contributed by atoms with Gasteiger partial charge in [0, 0.05) is 11.8 Å². The Labute approximate surface area is 129 Å². The molecule has 0 bridgehead atoms. The molecule has 1 heterocycles. The number of hydrogen-bond acceptors (Lipinski definition) is 5. The van der Waals surface area contributed by atoms with Crippen LogP contribution in [0.2, 0.25) is 0 Å². The van der Waals surface area contributed by atoms with E-state index < -0.39 is 0 Å². The number of hydrogen-bond donors (Lipinski definition) is 2. The Kier molecular flexibility index (Phi) is 4.37. The zero-order valence-corrected chi connectivity index (χ0v) is 12.3. The SMILES string of the molecule is COc1cccc(C=NCNC2OC2c2ccccc2)c1O. The van der Waals surface area contributed by atoms with Crippen molar-refractivity contribution in [3.05, 3.63) is 59.7 Å². The molecule has 5 nitrogen and oxygen atoms in total. The monoisotopic (exact) mass is 298 g/mol. The second kappa shape index (κ2) is 6.60. The molecule has 0 spiro atoms. The van der Waals surface area contributed by atoms with Crippen LogP contribution in [-0.2, 0) is 4.74 Å². The van der Waals surface area contributed by atoms with Crippen molar-refractivity contribution >= 4 is 6.21 Å². The summed E-state index contributed by atoms with van der Waals surface area (Å²) in [6.45, 7) is 0.421. The van der Waals surface area contributed by atoms with Crippen molar-refractivity contribution in [1.29, 1.82) is 0 Å². The van der Waals surface area contributed by atoms with E-state index in [9.17, 15) is 5.11 Å². The lowest BCUT2D eigenvalue weighted by Crippen LogP contribution is -2.18. The molecule has 0 amide bonds. The van der Waals surface area contributed by atoms with E-state index in [4.69, 9.17) is 9.47 Å². The first kappa shape index (κ1) is 14.6. The predicted molar refractivity (Wildman–Crippen MR) is 84.3 cm³/mol. The number of epoxide rings is 1. The Bertz CT molecular complexity index is 658. The molecule has 3 rings (SSSR count). The molecule has 1 saturated heterocycles. The van der Waals surface area contributed by atoms with Gasteiger partial charge >= 0.3 is 0 Å². The van der Waals surface area contributed by atoms with E-state index in [0.29, 0.717) is 18.0 Å².